The van der Waals surface area contributed by atoms with Crippen LogP contribution >= 0.6 is 11.3 Å². The Morgan fingerprint density at radius 1 is 0.458 bits per heavy atom. The van der Waals surface area contributed by atoms with Crippen molar-refractivity contribution >= 4 is 64.4 Å². The zero-order valence-corrected chi connectivity index (χ0v) is 26.5. The van der Waals surface area contributed by atoms with E-state index < -0.39 is 0 Å². The molecular weight excluding hydrogens is 605 g/mol. The van der Waals surface area contributed by atoms with Crippen LogP contribution in [-0.4, -0.2) is 9.97 Å². The molecule has 3 nitrogen and oxygen atoms in total. The normalized spacial score (nSPS) is 11.8. The van der Waals surface area contributed by atoms with E-state index in [2.05, 4.69) is 152 Å². The number of benzene rings is 7. The molecule has 4 heteroatoms. The van der Waals surface area contributed by atoms with Gasteiger partial charge in [0.05, 0.1) is 15.9 Å². The molecule has 0 N–H and O–H groups in total. The number of fused-ring (bicyclic) bond motifs is 7. The first kappa shape index (κ1) is 27.1. The Morgan fingerprint density at radius 2 is 1.10 bits per heavy atom. The second-order valence-electron chi connectivity index (χ2n) is 12.1. The first-order valence-electron chi connectivity index (χ1n) is 16.1. The van der Waals surface area contributed by atoms with Crippen molar-refractivity contribution in [3.63, 3.8) is 0 Å². The molecule has 48 heavy (non-hydrogen) atoms. The Balaban J connectivity index is 1.19. The Labute approximate surface area is 280 Å². The van der Waals surface area contributed by atoms with Gasteiger partial charge >= 0.3 is 0 Å². The van der Waals surface area contributed by atoms with Crippen molar-refractivity contribution in [3.8, 4) is 44.9 Å². The zero-order valence-electron chi connectivity index (χ0n) is 25.7. The van der Waals surface area contributed by atoms with Crippen LogP contribution in [-0.2, 0) is 0 Å². The fourth-order valence-electron chi connectivity index (χ4n) is 6.97. The molecular formula is C44H26N2OS. The molecule has 0 saturated carbocycles. The predicted octanol–water partition coefficient (Wildman–Crippen LogP) is 12.6. The molecule has 0 amide bonds. The number of aromatic nitrogens is 2. The molecule has 0 bridgehead atoms. The zero-order chi connectivity index (χ0) is 31.6. The van der Waals surface area contributed by atoms with Crippen molar-refractivity contribution in [2.45, 2.75) is 0 Å². The maximum Gasteiger partial charge on any atom is 0.160 e. The molecule has 3 aromatic heterocycles. The Kier molecular flexibility index (Phi) is 6.05. The molecule has 0 aliphatic rings. The van der Waals surface area contributed by atoms with Crippen LogP contribution in [0.4, 0.5) is 0 Å². The number of rotatable bonds is 4. The van der Waals surface area contributed by atoms with Gasteiger partial charge in [-0.05, 0) is 51.7 Å². The lowest BCUT2D eigenvalue weighted by atomic mass is 9.95. The van der Waals surface area contributed by atoms with Crippen molar-refractivity contribution in [3.05, 3.63) is 158 Å². The van der Waals surface area contributed by atoms with Gasteiger partial charge in [0.1, 0.15) is 11.2 Å². The SMILES string of the molecule is c1ccc(-c2ccc(-c3nc(-c4ccc5c(c4)oc4c(-c6ccccc6)c6ccccc6cc45)c4sc5ccccc5c4n3)cc2)cc1. The lowest BCUT2D eigenvalue weighted by Gasteiger charge is -2.08. The van der Waals surface area contributed by atoms with E-state index in [1.165, 1.54) is 26.6 Å². The van der Waals surface area contributed by atoms with Crippen LogP contribution in [0.1, 0.15) is 0 Å². The fourth-order valence-corrected chi connectivity index (χ4v) is 8.12. The van der Waals surface area contributed by atoms with E-state index in [0.717, 1.165) is 65.5 Å². The third-order valence-electron chi connectivity index (χ3n) is 9.29. The summed E-state index contributed by atoms with van der Waals surface area (Å²) in [5.74, 6) is 0.711. The van der Waals surface area contributed by atoms with E-state index in [9.17, 15) is 0 Å². The number of hydrogen-bond donors (Lipinski definition) is 0. The molecule has 224 valence electrons. The minimum atomic E-state index is 0.711. The highest BCUT2D eigenvalue weighted by Crippen LogP contribution is 2.44. The number of thiophene rings is 1. The molecule has 0 fully saturated rings. The van der Waals surface area contributed by atoms with Crippen LogP contribution in [0.5, 0.6) is 0 Å². The van der Waals surface area contributed by atoms with Gasteiger partial charge in [0.15, 0.2) is 5.82 Å². The summed E-state index contributed by atoms with van der Waals surface area (Å²) in [7, 11) is 0. The van der Waals surface area contributed by atoms with Crippen LogP contribution in [0.25, 0.3) is 97.9 Å². The average molecular weight is 631 g/mol. The van der Waals surface area contributed by atoms with E-state index in [1.54, 1.807) is 11.3 Å². The number of furan rings is 1. The van der Waals surface area contributed by atoms with Crippen LogP contribution in [0, 0.1) is 0 Å². The summed E-state index contributed by atoms with van der Waals surface area (Å²) in [4.78, 5) is 10.4. The van der Waals surface area contributed by atoms with E-state index in [-0.39, 0.29) is 0 Å². The van der Waals surface area contributed by atoms with Gasteiger partial charge < -0.3 is 4.42 Å². The van der Waals surface area contributed by atoms with Crippen molar-refractivity contribution < 1.29 is 4.42 Å². The fraction of sp³-hybridized carbons (Fsp3) is 0. The lowest BCUT2D eigenvalue weighted by molar-refractivity contribution is 0.670. The van der Waals surface area contributed by atoms with E-state index >= 15 is 0 Å². The average Bonchev–Trinajstić information content (AvgIpc) is 3.72. The summed E-state index contributed by atoms with van der Waals surface area (Å²) < 4.78 is 9.08. The second-order valence-corrected chi connectivity index (χ2v) is 13.2. The summed E-state index contributed by atoms with van der Waals surface area (Å²) in [6.07, 6.45) is 0. The van der Waals surface area contributed by atoms with Crippen molar-refractivity contribution in [1.82, 2.24) is 9.97 Å². The highest BCUT2D eigenvalue weighted by atomic mass is 32.1. The van der Waals surface area contributed by atoms with Gasteiger partial charge in [-0.15, -0.1) is 11.3 Å². The van der Waals surface area contributed by atoms with Crippen LogP contribution in [0.15, 0.2) is 162 Å². The molecule has 0 spiro atoms. The summed E-state index contributed by atoms with van der Waals surface area (Å²) in [6.45, 7) is 0. The van der Waals surface area contributed by atoms with E-state index in [1.807, 2.05) is 6.07 Å². The Hall–Kier alpha value is -6.10. The van der Waals surface area contributed by atoms with Crippen LogP contribution < -0.4 is 0 Å². The topological polar surface area (TPSA) is 38.9 Å². The molecule has 0 aliphatic carbocycles. The van der Waals surface area contributed by atoms with E-state index in [0.29, 0.717) is 5.82 Å². The van der Waals surface area contributed by atoms with Gasteiger partial charge in [-0.3, -0.25) is 0 Å². The van der Waals surface area contributed by atoms with Crippen molar-refractivity contribution in [2.75, 3.05) is 0 Å². The minimum Gasteiger partial charge on any atom is -0.455 e. The molecule has 0 radical (unpaired) electrons. The summed E-state index contributed by atoms with van der Waals surface area (Å²) in [5.41, 5.74) is 10.3. The molecule has 10 rings (SSSR count). The third-order valence-corrected chi connectivity index (χ3v) is 10.5. The maximum atomic E-state index is 6.81. The second kappa shape index (κ2) is 10.7. The van der Waals surface area contributed by atoms with E-state index in [4.69, 9.17) is 14.4 Å². The van der Waals surface area contributed by atoms with Crippen molar-refractivity contribution in [2.24, 2.45) is 0 Å². The number of hydrogen-bond acceptors (Lipinski definition) is 4. The molecule has 0 atom stereocenters. The maximum absolute atomic E-state index is 6.81. The summed E-state index contributed by atoms with van der Waals surface area (Å²) >= 11 is 1.74. The minimum absolute atomic E-state index is 0.711. The summed E-state index contributed by atoms with van der Waals surface area (Å²) in [5, 5.41) is 5.73. The standard InChI is InChI=1S/C44H26N2OS/c1-3-11-27(12-4-1)28-19-21-30(22-20-28)44-45-40(43-41(46-44)35-17-9-10-18-38(35)48-43)32-23-24-34-36-25-31-15-7-8-16-33(31)39(29-13-5-2-6-14-29)42(36)47-37(34)26-32/h1-26H. The smallest absolute Gasteiger partial charge is 0.160 e. The monoisotopic (exact) mass is 630 g/mol. The molecule has 10 aromatic rings. The third kappa shape index (κ3) is 4.27. The van der Waals surface area contributed by atoms with Gasteiger partial charge in [-0.2, -0.15) is 0 Å². The highest BCUT2D eigenvalue weighted by molar-refractivity contribution is 7.26. The molecule has 0 saturated heterocycles. The largest absolute Gasteiger partial charge is 0.455 e. The summed E-state index contributed by atoms with van der Waals surface area (Å²) in [6, 6.07) is 55.4. The first-order valence-corrected chi connectivity index (χ1v) is 16.9. The Bertz CT molecular complexity index is 2820. The van der Waals surface area contributed by atoms with Gasteiger partial charge in [-0.1, -0.05) is 133 Å². The quantitative estimate of drug-likeness (QED) is 0.194. The molecule has 0 aliphatic heterocycles. The van der Waals surface area contributed by atoms with Crippen LogP contribution in [0.2, 0.25) is 0 Å². The predicted molar refractivity (Wildman–Crippen MR) is 201 cm³/mol. The van der Waals surface area contributed by atoms with Gasteiger partial charge in [0.2, 0.25) is 0 Å². The first-order chi connectivity index (χ1) is 23.8. The van der Waals surface area contributed by atoms with Gasteiger partial charge in [-0.25, -0.2) is 9.97 Å². The Morgan fingerprint density at radius 3 is 1.92 bits per heavy atom. The van der Waals surface area contributed by atoms with Crippen LogP contribution in [0.3, 0.4) is 0 Å². The molecule has 0 unspecified atom stereocenters. The molecule has 3 heterocycles. The van der Waals surface area contributed by atoms with Gasteiger partial charge in [0, 0.05) is 37.5 Å². The van der Waals surface area contributed by atoms with Gasteiger partial charge in [0.25, 0.3) is 0 Å². The van der Waals surface area contributed by atoms with Crippen molar-refractivity contribution in [1.29, 1.82) is 0 Å². The molecule has 7 aromatic carbocycles. The highest BCUT2D eigenvalue weighted by Gasteiger charge is 2.20. The lowest BCUT2D eigenvalue weighted by Crippen LogP contribution is -1.93. The number of nitrogens with zero attached hydrogens (tertiary/aromatic N) is 2.